The SMILES string of the molecule is COC(=O)c1ccc(C(c2cc(C(C)(C)C)c(O)c(C(C)(C)C)c2)[Si](C)(C)c2ccccc2)cc1. The molecule has 3 aromatic rings. The van der Waals surface area contributed by atoms with E-state index in [0.29, 0.717) is 11.3 Å². The molecule has 4 heteroatoms. The zero-order valence-electron chi connectivity index (χ0n) is 22.7. The van der Waals surface area contributed by atoms with Crippen molar-refractivity contribution >= 4 is 19.2 Å². The predicted molar refractivity (Wildman–Crippen MR) is 149 cm³/mol. The third-order valence-corrected chi connectivity index (χ3v) is 10.9. The molecule has 1 N–H and O–H groups in total. The summed E-state index contributed by atoms with van der Waals surface area (Å²) < 4.78 is 4.92. The minimum Gasteiger partial charge on any atom is -0.507 e. The van der Waals surface area contributed by atoms with E-state index in [1.807, 2.05) is 12.1 Å². The number of carbonyl (C=O) groups excluding carboxylic acids is 1. The van der Waals surface area contributed by atoms with Crippen molar-refractivity contribution in [3.8, 4) is 5.75 Å². The Labute approximate surface area is 212 Å². The third-order valence-electron chi connectivity index (χ3n) is 6.99. The summed E-state index contributed by atoms with van der Waals surface area (Å²) in [6, 6.07) is 23.0. The first kappa shape index (κ1) is 26.7. The quantitative estimate of drug-likeness (QED) is 0.309. The molecule has 186 valence electrons. The van der Waals surface area contributed by atoms with Gasteiger partial charge >= 0.3 is 5.97 Å². The Morgan fingerprint density at radius 2 is 1.29 bits per heavy atom. The molecule has 1 atom stereocenters. The highest BCUT2D eigenvalue weighted by Crippen LogP contribution is 2.44. The third kappa shape index (κ3) is 5.53. The van der Waals surface area contributed by atoms with E-state index in [0.717, 1.165) is 11.1 Å². The molecule has 0 aliphatic rings. The van der Waals surface area contributed by atoms with Crippen molar-refractivity contribution < 1.29 is 14.6 Å². The monoisotopic (exact) mass is 488 g/mol. The average Bonchev–Trinajstić information content (AvgIpc) is 2.79. The van der Waals surface area contributed by atoms with E-state index in [2.05, 4.69) is 109 Å². The average molecular weight is 489 g/mol. The Bertz CT molecular complexity index is 1150. The van der Waals surface area contributed by atoms with Gasteiger partial charge in [-0.15, -0.1) is 0 Å². The van der Waals surface area contributed by atoms with Crippen LogP contribution < -0.4 is 5.19 Å². The largest absolute Gasteiger partial charge is 0.507 e. The molecule has 0 aliphatic carbocycles. The summed E-state index contributed by atoms with van der Waals surface area (Å²) in [5, 5.41) is 12.7. The summed E-state index contributed by atoms with van der Waals surface area (Å²) in [7, 11) is -0.717. The van der Waals surface area contributed by atoms with Crippen LogP contribution in [0.25, 0.3) is 0 Å². The molecule has 0 aliphatic heterocycles. The number of ether oxygens (including phenoxy) is 1. The highest BCUT2D eigenvalue weighted by Gasteiger charge is 2.38. The highest BCUT2D eigenvalue weighted by atomic mass is 28.3. The molecule has 0 spiro atoms. The van der Waals surface area contributed by atoms with Crippen LogP contribution in [0, 0.1) is 0 Å². The number of rotatable bonds is 5. The lowest BCUT2D eigenvalue weighted by atomic mass is 9.78. The highest BCUT2D eigenvalue weighted by molar-refractivity contribution is 6.91. The van der Waals surface area contributed by atoms with E-state index < -0.39 is 8.07 Å². The molecule has 3 rings (SSSR count). The number of carbonyl (C=O) groups is 1. The van der Waals surface area contributed by atoms with Gasteiger partial charge in [-0.3, -0.25) is 0 Å². The number of phenols is 1. The first-order chi connectivity index (χ1) is 16.2. The molecule has 0 radical (unpaired) electrons. The number of aromatic hydroxyl groups is 1. The van der Waals surface area contributed by atoms with Gasteiger partial charge < -0.3 is 9.84 Å². The standard InChI is InChI=1S/C31H40O3Si/c1-30(2,3)25-19-23(20-26(27(25)32)31(4,5)6)28(35(8,9)24-13-11-10-12-14-24)21-15-17-22(18-16-21)29(33)34-7/h10-20,28,32H,1-9H3. The summed E-state index contributed by atoms with van der Waals surface area (Å²) in [6.07, 6.45) is 0. The van der Waals surface area contributed by atoms with Gasteiger partial charge in [0.15, 0.2) is 0 Å². The molecular formula is C31H40O3Si. The zero-order valence-corrected chi connectivity index (χ0v) is 23.7. The van der Waals surface area contributed by atoms with Crippen LogP contribution in [0.4, 0.5) is 0 Å². The lowest BCUT2D eigenvalue weighted by Crippen LogP contribution is -2.48. The van der Waals surface area contributed by atoms with E-state index in [1.165, 1.54) is 23.4 Å². The van der Waals surface area contributed by atoms with Gasteiger partial charge in [-0.1, -0.05) is 114 Å². The minimum absolute atomic E-state index is 0.124. The van der Waals surface area contributed by atoms with Gasteiger partial charge in [-0.05, 0) is 45.2 Å². The maximum atomic E-state index is 12.1. The Morgan fingerprint density at radius 3 is 1.71 bits per heavy atom. The van der Waals surface area contributed by atoms with Gasteiger partial charge in [0, 0.05) is 5.54 Å². The first-order valence-electron chi connectivity index (χ1n) is 12.3. The molecule has 0 heterocycles. The van der Waals surface area contributed by atoms with Crippen molar-refractivity contribution in [3.05, 3.63) is 94.5 Å². The van der Waals surface area contributed by atoms with Crippen LogP contribution in [0.2, 0.25) is 13.1 Å². The van der Waals surface area contributed by atoms with E-state index >= 15 is 0 Å². The minimum atomic E-state index is -2.12. The molecule has 0 bridgehead atoms. The van der Waals surface area contributed by atoms with Gasteiger partial charge in [0.25, 0.3) is 0 Å². The van der Waals surface area contributed by atoms with Crippen molar-refractivity contribution in [1.29, 1.82) is 0 Å². The Morgan fingerprint density at radius 1 is 0.800 bits per heavy atom. The van der Waals surface area contributed by atoms with E-state index in [9.17, 15) is 9.90 Å². The molecule has 3 nitrogen and oxygen atoms in total. The fourth-order valence-corrected chi connectivity index (χ4v) is 8.37. The fourth-order valence-electron chi connectivity index (χ4n) is 4.96. The summed E-state index contributed by atoms with van der Waals surface area (Å²) in [5.74, 6) is 0.0649. The Balaban J connectivity index is 2.34. The lowest BCUT2D eigenvalue weighted by molar-refractivity contribution is 0.0600. The summed E-state index contributed by atoms with van der Waals surface area (Å²) in [6.45, 7) is 17.7. The van der Waals surface area contributed by atoms with E-state index in [4.69, 9.17) is 4.74 Å². The van der Waals surface area contributed by atoms with Gasteiger partial charge in [-0.25, -0.2) is 4.79 Å². The van der Waals surface area contributed by atoms with Crippen LogP contribution in [0.5, 0.6) is 5.75 Å². The number of hydrogen-bond donors (Lipinski definition) is 1. The molecular weight excluding hydrogens is 448 g/mol. The van der Waals surface area contributed by atoms with Crippen molar-refractivity contribution in [2.75, 3.05) is 7.11 Å². The second-order valence-corrected chi connectivity index (χ2v) is 16.7. The molecule has 0 saturated heterocycles. The maximum absolute atomic E-state index is 12.1. The number of esters is 1. The molecule has 1 unspecified atom stereocenters. The van der Waals surface area contributed by atoms with Crippen LogP contribution in [0.3, 0.4) is 0 Å². The predicted octanol–water partition coefficient (Wildman–Crippen LogP) is 7.06. The Hall–Kier alpha value is -2.85. The number of benzene rings is 3. The molecule has 3 aromatic carbocycles. The molecule has 0 aromatic heterocycles. The molecule has 0 fully saturated rings. The van der Waals surface area contributed by atoms with Gasteiger partial charge in [0.2, 0.25) is 0 Å². The van der Waals surface area contributed by atoms with Crippen LogP contribution in [-0.2, 0) is 15.6 Å². The normalized spacial score (nSPS) is 13.4. The molecule has 35 heavy (non-hydrogen) atoms. The number of phenolic OH excluding ortho intramolecular Hbond substituents is 1. The Kier molecular flexibility index (Phi) is 7.38. The summed E-state index contributed by atoms with van der Waals surface area (Å²) in [5.41, 5.74) is 4.57. The van der Waals surface area contributed by atoms with Crippen molar-refractivity contribution in [2.45, 2.75) is 71.0 Å². The van der Waals surface area contributed by atoms with Crippen molar-refractivity contribution in [2.24, 2.45) is 0 Å². The van der Waals surface area contributed by atoms with Gasteiger partial charge in [0.05, 0.1) is 20.7 Å². The van der Waals surface area contributed by atoms with Crippen LogP contribution in [0.15, 0.2) is 66.7 Å². The van der Waals surface area contributed by atoms with Crippen molar-refractivity contribution in [1.82, 2.24) is 0 Å². The zero-order chi connectivity index (χ0) is 26.2. The first-order valence-corrected chi connectivity index (χ1v) is 15.4. The van der Waals surface area contributed by atoms with Crippen molar-refractivity contribution in [3.63, 3.8) is 0 Å². The van der Waals surface area contributed by atoms with Gasteiger partial charge in [-0.2, -0.15) is 0 Å². The summed E-state index contributed by atoms with van der Waals surface area (Å²) >= 11 is 0. The second kappa shape index (κ2) is 9.66. The lowest BCUT2D eigenvalue weighted by Gasteiger charge is -2.36. The van der Waals surface area contributed by atoms with Crippen LogP contribution in [-0.4, -0.2) is 26.3 Å². The van der Waals surface area contributed by atoms with Crippen LogP contribution in [0.1, 0.15) is 79.7 Å². The summed E-state index contributed by atoms with van der Waals surface area (Å²) in [4.78, 5) is 12.1. The maximum Gasteiger partial charge on any atom is 0.337 e. The number of methoxy groups -OCH3 is 1. The van der Waals surface area contributed by atoms with Crippen LogP contribution >= 0.6 is 0 Å². The van der Waals surface area contributed by atoms with E-state index in [-0.39, 0.29) is 22.3 Å². The fraction of sp³-hybridized carbons (Fsp3) is 0.387. The number of hydrogen-bond acceptors (Lipinski definition) is 3. The molecule has 0 amide bonds. The second-order valence-electron chi connectivity index (χ2n) is 12.1. The van der Waals surface area contributed by atoms with E-state index in [1.54, 1.807) is 0 Å². The smallest absolute Gasteiger partial charge is 0.337 e. The topological polar surface area (TPSA) is 46.5 Å². The molecule has 0 saturated carbocycles. The van der Waals surface area contributed by atoms with Gasteiger partial charge in [0.1, 0.15) is 5.75 Å².